The Balaban J connectivity index is 1.70. The van der Waals surface area contributed by atoms with E-state index in [9.17, 15) is 18.0 Å². The Kier molecular flexibility index (Phi) is 7.05. The number of hydrogen-bond acceptors (Lipinski definition) is 4. The second-order valence-electron chi connectivity index (χ2n) is 8.29. The molecule has 4 rings (SSSR count). The first-order chi connectivity index (χ1) is 17.1. The molecule has 1 heterocycles. The van der Waals surface area contributed by atoms with E-state index in [-0.39, 0.29) is 16.3 Å². The van der Waals surface area contributed by atoms with E-state index >= 15 is 0 Å². The number of para-hydroxylation sites is 1. The van der Waals surface area contributed by atoms with E-state index in [2.05, 4.69) is 5.32 Å². The van der Waals surface area contributed by atoms with Crippen molar-refractivity contribution in [3.05, 3.63) is 105 Å². The number of carbonyl (C=O) groups is 1. The van der Waals surface area contributed by atoms with Crippen molar-refractivity contribution in [3.63, 3.8) is 0 Å². The van der Waals surface area contributed by atoms with Gasteiger partial charge in [-0.3, -0.25) is 18.6 Å². The molecule has 1 aromatic heterocycles. The molecule has 0 aliphatic carbocycles. The third-order valence-electron chi connectivity index (χ3n) is 5.81. The standard InChI is InChI=1S/C26H25ClN4O4S/c1-18-12-14-23(15-13-18)36(34,35)30(22-11-7-8-20(27)16-22)17-24(32)28-25-19(2)29(3)31(26(25)33)21-9-5-4-6-10-21/h4-16H,17H2,1-3H3,(H,28,32). The maximum atomic E-state index is 13.6. The Morgan fingerprint density at radius 1 is 0.972 bits per heavy atom. The summed E-state index contributed by atoms with van der Waals surface area (Å²) in [5.74, 6) is -0.670. The quantitative estimate of drug-likeness (QED) is 0.390. The summed E-state index contributed by atoms with van der Waals surface area (Å²) < 4.78 is 31.1. The molecule has 0 aliphatic heterocycles. The van der Waals surface area contributed by atoms with Crippen LogP contribution in [0, 0.1) is 13.8 Å². The summed E-state index contributed by atoms with van der Waals surface area (Å²) in [7, 11) is -2.41. The number of halogens is 1. The largest absolute Gasteiger partial charge is 0.318 e. The molecule has 0 aliphatic rings. The topological polar surface area (TPSA) is 93.4 Å². The molecule has 0 bridgehead atoms. The lowest BCUT2D eigenvalue weighted by Gasteiger charge is -2.24. The first-order valence-electron chi connectivity index (χ1n) is 11.1. The van der Waals surface area contributed by atoms with Gasteiger partial charge >= 0.3 is 0 Å². The number of nitrogens with one attached hydrogen (secondary N) is 1. The second-order valence-corrected chi connectivity index (χ2v) is 10.6. The predicted octanol–water partition coefficient (Wildman–Crippen LogP) is 4.28. The molecule has 36 heavy (non-hydrogen) atoms. The van der Waals surface area contributed by atoms with Crippen LogP contribution in [0.25, 0.3) is 5.69 Å². The second kappa shape index (κ2) is 10.0. The highest BCUT2D eigenvalue weighted by Gasteiger charge is 2.28. The third-order valence-corrected chi connectivity index (χ3v) is 7.83. The summed E-state index contributed by atoms with van der Waals surface area (Å²) in [6, 6.07) is 21.6. The van der Waals surface area contributed by atoms with Gasteiger partial charge in [0.25, 0.3) is 15.6 Å². The van der Waals surface area contributed by atoms with Crippen molar-refractivity contribution in [2.45, 2.75) is 18.7 Å². The van der Waals surface area contributed by atoms with E-state index in [1.807, 2.05) is 13.0 Å². The molecule has 0 fully saturated rings. The fourth-order valence-corrected chi connectivity index (χ4v) is 5.40. The maximum absolute atomic E-state index is 13.6. The average molecular weight is 525 g/mol. The van der Waals surface area contributed by atoms with Gasteiger partial charge in [-0.25, -0.2) is 13.1 Å². The fraction of sp³-hybridized carbons (Fsp3) is 0.154. The van der Waals surface area contributed by atoms with Gasteiger partial charge in [0, 0.05) is 12.1 Å². The SMILES string of the molecule is Cc1ccc(S(=O)(=O)N(CC(=O)Nc2c(C)n(C)n(-c3ccccc3)c2=O)c2cccc(Cl)c2)cc1. The van der Waals surface area contributed by atoms with Gasteiger partial charge in [0.1, 0.15) is 12.2 Å². The van der Waals surface area contributed by atoms with Crippen molar-refractivity contribution >= 4 is 38.9 Å². The minimum Gasteiger partial charge on any atom is -0.318 e. The summed E-state index contributed by atoms with van der Waals surface area (Å²) in [5, 5.41) is 2.95. The van der Waals surface area contributed by atoms with E-state index in [1.54, 1.807) is 73.3 Å². The Morgan fingerprint density at radius 2 is 1.64 bits per heavy atom. The molecule has 0 atom stereocenters. The Bertz CT molecular complexity index is 1580. The van der Waals surface area contributed by atoms with Crippen LogP contribution in [0.1, 0.15) is 11.3 Å². The van der Waals surface area contributed by atoms with Crippen LogP contribution in [0.5, 0.6) is 0 Å². The van der Waals surface area contributed by atoms with Crippen LogP contribution >= 0.6 is 11.6 Å². The lowest BCUT2D eigenvalue weighted by atomic mass is 10.2. The van der Waals surface area contributed by atoms with Crippen molar-refractivity contribution in [3.8, 4) is 5.69 Å². The van der Waals surface area contributed by atoms with Crippen LogP contribution in [-0.2, 0) is 21.9 Å². The van der Waals surface area contributed by atoms with E-state index in [0.29, 0.717) is 16.4 Å². The summed E-state index contributed by atoms with van der Waals surface area (Å²) in [5.41, 5.74) is 1.93. The number of nitrogens with zero attached hydrogens (tertiary/aromatic N) is 3. The van der Waals surface area contributed by atoms with E-state index in [4.69, 9.17) is 11.6 Å². The first kappa shape index (κ1) is 25.3. The van der Waals surface area contributed by atoms with Gasteiger partial charge in [-0.15, -0.1) is 0 Å². The molecule has 0 saturated heterocycles. The number of carbonyl (C=O) groups excluding carboxylic acids is 1. The molecule has 0 saturated carbocycles. The molecule has 10 heteroatoms. The number of hydrogen-bond donors (Lipinski definition) is 1. The molecule has 4 aromatic rings. The van der Waals surface area contributed by atoms with Gasteiger partial charge < -0.3 is 5.32 Å². The normalized spacial score (nSPS) is 11.3. The number of rotatable bonds is 7. The molecule has 1 amide bonds. The van der Waals surface area contributed by atoms with Crippen LogP contribution in [0.15, 0.2) is 88.6 Å². The van der Waals surface area contributed by atoms with Crippen molar-refractivity contribution in [1.82, 2.24) is 9.36 Å². The number of amides is 1. The van der Waals surface area contributed by atoms with Crippen LogP contribution in [-0.4, -0.2) is 30.2 Å². The summed E-state index contributed by atoms with van der Waals surface area (Å²) in [6.45, 7) is 2.99. The molecular formula is C26H25ClN4O4S. The zero-order chi connectivity index (χ0) is 26.0. The number of aryl methyl sites for hydroxylation is 1. The highest BCUT2D eigenvalue weighted by molar-refractivity contribution is 7.92. The molecule has 186 valence electrons. The molecule has 0 unspecified atom stereocenters. The van der Waals surface area contributed by atoms with Crippen LogP contribution in [0.2, 0.25) is 5.02 Å². The van der Waals surface area contributed by atoms with Gasteiger partial charge in [0.2, 0.25) is 5.91 Å². The molecule has 0 spiro atoms. The van der Waals surface area contributed by atoms with Gasteiger partial charge in [-0.1, -0.05) is 53.6 Å². The lowest BCUT2D eigenvalue weighted by molar-refractivity contribution is -0.114. The van der Waals surface area contributed by atoms with Gasteiger partial charge in [0.05, 0.1) is 22.0 Å². The van der Waals surface area contributed by atoms with E-state index in [0.717, 1.165) is 9.87 Å². The third kappa shape index (κ3) is 4.93. The number of anilines is 2. The van der Waals surface area contributed by atoms with Crippen LogP contribution in [0.4, 0.5) is 11.4 Å². The van der Waals surface area contributed by atoms with Crippen LogP contribution in [0.3, 0.4) is 0 Å². The van der Waals surface area contributed by atoms with E-state index in [1.165, 1.54) is 22.9 Å². The van der Waals surface area contributed by atoms with Gasteiger partial charge in [-0.2, -0.15) is 0 Å². The number of aromatic nitrogens is 2. The highest BCUT2D eigenvalue weighted by atomic mass is 35.5. The van der Waals surface area contributed by atoms with E-state index < -0.39 is 28.0 Å². The molecule has 3 aromatic carbocycles. The molecule has 8 nitrogen and oxygen atoms in total. The van der Waals surface area contributed by atoms with Gasteiger partial charge in [-0.05, 0) is 56.3 Å². The minimum absolute atomic E-state index is 0.0307. The first-order valence-corrected chi connectivity index (χ1v) is 12.9. The van der Waals surface area contributed by atoms with Crippen molar-refractivity contribution in [2.24, 2.45) is 7.05 Å². The highest BCUT2D eigenvalue weighted by Crippen LogP contribution is 2.26. The lowest BCUT2D eigenvalue weighted by Crippen LogP contribution is -2.38. The fourth-order valence-electron chi connectivity index (χ4n) is 3.81. The summed E-state index contributed by atoms with van der Waals surface area (Å²) in [6.07, 6.45) is 0. The van der Waals surface area contributed by atoms with Crippen molar-refractivity contribution in [1.29, 1.82) is 0 Å². The van der Waals surface area contributed by atoms with Gasteiger partial charge in [0.15, 0.2) is 0 Å². The minimum atomic E-state index is -4.12. The molecule has 0 radical (unpaired) electrons. The number of sulfonamides is 1. The summed E-state index contributed by atoms with van der Waals surface area (Å²) in [4.78, 5) is 26.4. The zero-order valence-corrected chi connectivity index (χ0v) is 21.5. The van der Waals surface area contributed by atoms with Crippen LogP contribution < -0.4 is 15.2 Å². The van der Waals surface area contributed by atoms with Crippen molar-refractivity contribution < 1.29 is 13.2 Å². The predicted molar refractivity (Wildman–Crippen MR) is 142 cm³/mol. The molecular weight excluding hydrogens is 500 g/mol. The molecule has 1 N–H and O–H groups in total. The monoisotopic (exact) mass is 524 g/mol. The number of benzene rings is 3. The maximum Gasteiger partial charge on any atom is 0.295 e. The Labute approximate surface area is 214 Å². The smallest absolute Gasteiger partial charge is 0.295 e. The zero-order valence-electron chi connectivity index (χ0n) is 20.0. The Hall–Kier alpha value is -3.82. The van der Waals surface area contributed by atoms with Crippen molar-refractivity contribution in [2.75, 3.05) is 16.2 Å². The average Bonchev–Trinajstić information content (AvgIpc) is 3.06. The Morgan fingerprint density at radius 3 is 2.28 bits per heavy atom. The summed E-state index contributed by atoms with van der Waals surface area (Å²) >= 11 is 6.12.